The first-order chi connectivity index (χ1) is 17.0. The summed E-state index contributed by atoms with van der Waals surface area (Å²) in [5.41, 5.74) is -0.452. The lowest BCUT2D eigenvalue weighted by Crippen LogP contribution is -2.59. The Hall–Kier alpha value is 0.674. The third-order valence-electron chi connectivity index (χ3n) is 8.77. The first kappa shape index (κ1) is 33.9. The molecule has 37 heavy (non-hydrogen) atoms. The fraction of sp³-hybridized carbons (Fsp3) is 1.00. The van der Waals surface area contributed by atoms with Gasteiger partial charge in [-0.3, -0.25) is 0 Å². The van der Waals surface area contributed by atoms with Gasteiger partial charge in [-0.15, -0.1) is 0 Å². The molecule has 0 aromatic rings. The van der Waals surface area contributed by atoms with Gasteiger partial charge in [-0.25, -0.2) is 0 Å². The smallest absolute Gasteiger partial charge is 0.192 e. The lowest BCUT2D eigenvalue weighted by atomic mass is 9.78. The maximum Gasteiger partial charge on any atom is 0.192 e. The van der Waals surface area contributed by atoms with E-state index < -0.39 is 28.0 Å². The predicted octanol–water partition coefficient (Wildman–Crippen LogP) is 7.22. The zero-order chi connectivity index (χ0) is 28.4. The molecule has 220 valence electrons. The minimum atomic E-state index is -1.96. The molecule has 2 heterocycles. The molecule has 0 unspecified atom stereocenters. The van der Waals surface area contributed by atoms with E-state index in [1.54, 1.807) is 7.11 Å². The molecule has 0 N–H and O–H groups in total. The van der Waals surface area contributed by atoms with Gasteiger partial charge in [0, 0.05) is 18.9 Å². The zero-order valence-electron chi connectivity index (χ0n) is 26.0. The van der Waals surface area contributed by atoms with Crippen molar-refractivity contribution < 1.29 is 27.8 Å². The van der Waals surface area contributed by atoms with Crippen molar-refractivity contribution in [3.63, 3.8) is 0 Å². The number of rotatable bonds is 14. The second kappa shape index (κ2) is 13.1. The molecule has 6 nitrogen and oxygen atoms in total. The normalized spacial score (nSPS) is 32.8. The highest BCUT2D eigenvalue weighted by Crippen LogP contribution is 2.45. The van der Waals surface area contributed by atoms with Gasteiger partial charge in [0.05, 0.1) is 36.4 Å². The Morgan fingerprint density at radius 2 is 1.49 bits per heavy atom. The van der Waals surface area contributed by atoms with Crippen molar-refractivity contribution in [3.8, 4) is 0 Å². The lowest BCUT2D eigenvalue weighted by Gasteiger charge is -2.49. The van der Waals surface area contributed by atoms with Crippen LogP contribution in [0, 0.1) is 17.8 Å². The SMILES string of the molecule is CC[Si](CC)(CC)O[C@H]([C@@H](C)[C@H](OC)[C@@H]1COC(C)(C)O1)[C@H](C)[C@@H](O[Si](C)(C)C)[C@@]1(C)OC[C@@H](C)[C@@H]1Br. The molecule has 0 bridgehead atoms. The molecule has 0 aromatic carbocycles. The van der Waals surface area contributed by atoms with Gasteiger partial charge in [0.15, 0.2) is 22.4 Å². The quantitative estimate of drug-likeness (QED) is 0.150. The van der Waals surface area contributed by atoms with E-state index in [0.29, 0.717) is 12.5 Å². The summed E-state index contributed by atoms with van der Waals surface area (Å²) < 4.78 is 39.4. The number of alkyl halides is 1. The maximum atomic E-state index is 7.39. The summed E-state index contributed by atoms with van der Waals surface area (Å²) in [6.07, 6.45) is -0.489. The van der Waals surface area contributed by atoms with E-state index in [0.717, 1.165) is 24.7 Å². The monoisotopic (exact) mass is 624 g/mol. The van der Waals surface area contributed by atoms with E-state index in [9.17, 15) is 0 Å². The second-order valence-electron chi connectivity index (χ2n) is 13.1. The molecule has 0 radical (unpaired) electrons. The van der Waals surface area contributed by atoms with E-state index in [1.807, 2.05) is 13.8 Å². The molecular weight excluding hydrogens is 568 g/mol. The lowest BCUT2D eigenvalue weighted by molar-refractivity contribution is -0.168. The van der Waals surface area contributed by atoms with E-state index in [4.69, 9.17) is 27.8 Å². The second-order valence-corrected chi connectivity index (χ2v) is 23.3. The molecule has 0 amide bonds. The first-order valence-electron chi connectivity index (χ1n) is 14.5. The number of hydrogen-bond donors (Lipinski definition) is 0. The standard InChI is InChI=1S/C28H57BrO6Si2/c1-14-37(15-2,16-3)34-23(20(5)24(30-10)22-18-31-27(7,8)33-22)21(6)26(35-36(11,12)13)28(9)25(29)19(4)17-32-28/h19-26H,14-18H2,1-13H3/t19-,20-,21+,22+,23-,24+,25+,26-,28+/m1/s1. The number of ether oxygens (including phenoxy) is 4. The summed E-state index contributed by atoms with van der Waals surface area (Å²) in [6, 6.07) is 3.28. The van der Waals surface area contributed by atoms with Gasteiger partial charge in [0.2, 0.25) is 0 Å². The largest absolute Gasteiger partial charge is 0.413 e. The van der Waals surface area contributed by atoms with E-state index in [-0.39, 0.29) is 41.1 Å². The molecular formula is C28H57BrO6Si2. The van der Waals surface area contributed by atoms with Gasteiger partial charge in [0.1, 0.15) is 11.7 Å². The van der Waals surface area contributed by atoms with Crippen LogP contribution in [-0.2, 0) is 27.8 Å². The Morgan fingerprint density at radius 3 is 1.86 bits per heavy atom. The average molecular weight is 626 g/mol. The summed E-state index contributed by atoms with van der Waals surface area (Å²) in [4.78, 5) is 0.205. The van der Waals surface area contributed by atoms with E-state index >= 15 is 0 Å². The van der Waals surface area contributed by atoms with Gasteiger partial charge in [-0.1, -0.05) is 57.5 Å². The highest BCUT2D eigenvalue weighted by atomic mass is 79.9. The Labute approximate surface area is 238 Å². The van der Waals surface area contributed by atoms with Crippen LogP contribution in [0.15, 0.2) is 0 Å². The number of halogens is 1. The highest BCUT2D eigenvalue weighted by molar-refractivity contribution is 9.09. The Bertz CT molecular complexity index is 707. The van der Waals surface area contributed by atoms with Crippen molar-refractivity contribution in [3.05, 3.63) is 0 Å². The van der Waals surface area contributed by atoms with Crippen LogP contribution < -0.4 is 0 Å². The molecule has 9 heteroatoms. The van der Waals surface area contributed by atoms with Gasteiger partial charge in [0.25, 0.3) is 0 Å². The van der Waals surface area contributed by atoms with Gasteiger partial charge in [-0.05, 0) is 64.5 Å². The molecule has 0 aliphatic carbocycles. The van der Waals surface area contributed by atoms with Crippen LogP contribution >= 0.6 is 15.9 Å². The fourth-order valence-corrected chi connectivity index (χ4v) is 11.1. The third kappa shape index (κ3) is 7.91. The molecule has 2 rings (SSSR count). The Kier molecular flexibility index (Phi) is 12.0. The van der Waals surface area contributed by atoms with Crippen molar-refractivity contribution >= 4 is 32.6 Å². The average Bonchev–Trinajstić information content (AvgIpc) is 3.32. The van der Waals surface area contributed by atoms with Gasteiger partial charge < -0.3 is 27.8 Å². The van der Waals surface area contributed by atoms with Crippen molar-refractivity contribution in [2.45, 2.75) is 141 Å². The predicted molar refractivity (Wildman–Crippen MR) is 161 cm³/mol. The number of methoxy groups -OCH3 is 1. The summed E-state index contributed by atoms with van der Waals surface area (Å²) in [7, 11) is -2.08. The van der Waals surface area contributed by atoms with Crippen molar-refractivity contribution in [2.24, 2.45) is 17.8 Å². The van der Waals surface area contributed by atoms with E-state index in [2.05, 4.69) is 84.0 Å². The summed E-state index contributed by atoms with van der Waals surface area (Å²) in [5.74, 6) is -0.0362. The minimum Gasteiger partial charge on any atom is -0.413 e. The van der Waals surface area contributed by atoms with Gasteiger partial charge >= 0.3 is 0 Å². The van der Waals surface area contributed by atoms with Crippen LogP contribution in [0.2, 0.25) is 37.8 Å². The van der Waals surface area contributed by atoms with Crippen LogP contribution in [0.1, 0.15) is 62.3 Å². The molecule has 0 aromatic heterocycles. The van der Waals surface area contributed by atoms with E-state index in [1.165, 1.54) is 0 Å². The minimum absolute atomic E-state index is 0.0684. The molecule has 2 saturated heterocycles. The van der Waals surface area contributed by atoms with Crippen LogP contribution in [0.5, 0.6) is 0 Å². The van der Waals surface area contributed by atoms with Crippen LogP contribution in [0.25, 0.3) is 0 Å². The van der Waals surface area contributed by atoms with Crippen molar-refractivity contribution in [2.75, 3.05) is 20.3 Å². The molecule has 2 fully saturated rings. The zero-order valence-corrected chi connectivity index (χ0v) is 29.6. The summed E-state index contributed by atoms with van der Waals surface area (Å²) >= 11 is 4.02. The van der Waals surface area contributed by atoms with Crippen LogP contribution in [0.3, 0.4) is 0 Å². The highest BCUT2D eigenvalue weighted by Gasteiger charge is 2.55. The molecule has 0 saturated carbocycles. The van der Waals surface area contributed by atoms with Crippen molar-refractivity contribution in [1.82, 2.24) is 0 Å². The van der Waals surface area contributed by atoms with Crippen molar-refractivity contribution in [1.29, 1.82) is 0 Å². The molecule has 9 atom stereocenters. The topological polar surface area (TPSA) is 55.4 Å². The molecule has 0 spiro atoms. The summed E-state index contributed by atoms with van der Waals surface area (Å²) in [6.45, 7) is 27.9. The third-order valence-corrected chi connectivity index (χ3v) is 16.2. The first-order valence-corrected chi connectivity index (χ1v) is 21.3. The Morgan fingerprint density at radius 1 is 0.919 bits per heavy atom. The summed E-state index contributed by atoms with van der Waals surface area (Å²) in [5, 5.41) is 0. The molecule has 2 aliphatic heterocycles. The number of hydrogen-bond acceptors (Lipinski definition) is 6. The van der Waals surface area contributed by atoms with Gasteiger partial charge in [-0.2, -0.15) is 0 Å². The van der Waals surface area contributed by atoms with Crippen LogP contribution in [-0.4, -0.2) is 77.6 Å². The van der Waals surface area contributed by atoms with Crippen LogP contribution in [0.4, 0.5) is 0 Å². The Balaban J connectivity index is 2.54. The maximum absolute atomic E-state index is 7.39. The fourth-order valence-electron chi connectivity index (χ4n) is 6.33. The molecule has 2 aliphatic rings.